The number of aliphatic hydroxyl groups excluding tert-OH is 2. The van der Waals surface area contributed by atoms with Gasteiger partial charge >= 0.3 is 0 Å². The van der Waals surface area contributed by atoms with Gasteiger partial charge < -0.3 is 36.1 Å². The smallest absolute Gasteiger partial charge is 0.224 e. The zero-order chi connectivity index (χ0) is 30.9. The maximum absolute atomic E-state index is 12.5. The van der Waals surface area contributed by atoms with Crippen LogP contribution >= 0.6 is 0 Å². The molecule has 6 N–H and O–H groups in total. The van der Waals surface area contributed by atoms with Crippen molar-refractivity contribution in [3.05, 3.63) is 89.5 Å². The molecule has 10 nitrogen and oxygen atoms in total. The third kappa shape index (κ3) is 8.87. The zero-order valence-electron chi connectivity index (χ0n) is 24.9. The summed E-state index contributed by atoms with van der Waals surface area (Å²) in [6.07, 6.45) is 2.07. The van der Waals surface area contributed by atoms with Crippen molar-refractivity contribution in [1.82, 2.24) is 4.90 Å². The van der Waals surface area contributed by atoms with E-state index in [2.05, 4.69) is 15.5 Å². The van der Waals surface area contributed by atoms with Crippen molar-refractivity contribution >= 4 is 28.9 Å². The third-order valence-corrected chi connectivity index (χ3v) is 8.08. The normalized spacial score (nSPS) is 22.0. The molecule has 0 spiro atoms. The second-order valence-corrected chi connectivity index (χ2v) is 11.6. The number of likely N-dealkylation sites (tertiary alicyclic amines) is 1. The molecule has 3 aromatic carbocycles. The average Bonchev–Trinajstić information content (AvgIpc) is 3.44. The lowest BCUT2D eigenvalue weighted by molar-refractivity contribution is -0.252. The van der Waals surface area contributed by atoms with Gasteiger partial charge in [0.25, 0.3) is 0 Å². The summed E-state index contributed by atoms with van der Waals surface area (Å²) in [4.78, 5) is 27.0. The number of nitrogens with one attached hydrogen (secondary N) is 2. The van der Waals surface area contributed by atoms with E-state index >= 15 is 0 Å². The summed E-state index contributed by atoms with van der Waals surface area (Å²) >= 11 is 0. The molecule has 5 rings (SSSR count). The fourth-order valence-corrected chi connectivity index (χ4v) is 5.64. The maximum Gasteiger partial charge on any atom is 0.224 e. The Morgan fingerprint density at radius 1 is 0.886 bits per heavy atom. The van der Waals surface area contributed by atoms with Crippen LogP contribution in [-0.2, 0) is 25.7 Å². The lowest BCUT2D eigenvalue weighted by Gasteiger charge is -2.37. The Kier molecular flexibility index (Phi) is 11.0. The van der Waals surface area contributed by atoms with Gasteiger partial charge in [-0.3, -0.25) is 14.5 Å². The van der Waals surface area contributed by atoms with Crippen LogP contribution in [0.3, 0.4) is 0 Å². The lowest BCUT2D eigenvalue weighted by Crippen LogP contribution is -2.38. The highest BCUT2D eigenvalue weighted by atomic mass is 16.7. The summed E-state index contributed by atoms with van der Waals surface area (Å²) in [6, 6.07) is 22.4. The van der Waals surface area contributed by atoms with E-state index in [-0.39, 0.29) is 36.7 Å². The van der Waals surface area contributed by atoms with E-state index in [1.54, 1.807) is 12.1 Å². The molecule has 0 saturated carbocycles. The van der Waals surface area contributed by atoms with Gasteiger partial charge in [-0.25, -0.2) is 0 Å². The Bertz CT molecular complexity index is 1380. The first-order valence-corrected chi connectivity index (χ1v) is 15.3. The fraction of sp³-hybridized carbons (Fsp3) is 0.412. The molecule has 0 aromatic heterocycles. The first kappa shape index (κ1) is 31.6. The number of rotatable bonds is 12. The number of para-hydroxylation sites is 2. The minimum absolute atomic E-state index is 0.0117. The summed E-state index contributed by atoms with van der Waals surface area (Å²) in [5, 5.41) is 25.2. The molecule has 4 unspecified atom stereocenters. The van der Waals surface area contributed by atoms with Crippen LogP contribution in [0.15, 0.2) is 72.8 Å². The summed E-state index contributed by atoms with van der Waals surface area (Å²) in [5.74, 6) is -0.245. The second kappa shape index (κ2) is 15.3. The Labute approximate surface area is 258 Å². The van der Waals surface area contributed by atoms with E-state index in [4.69, 9.17) is 15.2 Å². The Morgan fingerprint density at radius 2 is 1.57 bits per heavy atom. The molecule has 234 valence electrons. The van der Waals surface area contributed by atoms with Crippen molar-refractivity contribution in [2.24, 2.45) is 0 Å². The number of anilines is 3. The largest absolute Gasteiger partial charge is 0.397 e. The van der Waals surface area contributed by atoms with Crippen LogP contribution in [-0.4, -0.2) is 58.8 Å². The minimum Gasteiger partial charge on any atom is -0.397 e. The molecule has 2 fully saturated rings. The number of nitrogens with zero attached hydrogens (tertiary/aromatic N) is 1. The standard InChI is InChI=1S/C34H42N4O6/c35-29-5-1-2-6-30(29)37-33(42)8-4-3-7-32(41)36-26-15-13-25(14-16-26)34-43-28(21-38-18-17-27(40)20-38)19-31(44-34)24-11-9-23(22-39)10-12-24/h1-2,5-6,9-16,27-28,31,34,39-40H,3-4,7-8,17-22,35H2,(H,36,41)(H,37,42). The van der Waals surface area contributed by atoms with Crippen LogP contribution < -0.4 is 16.4 Å². The van der Waals surface area contributed by atoms with Crippen LogP contribution in [0.4, 0.5) is 17.1 Å². The van der Waals surface area contributed by atoms with E-state index in [1.165, 1.54) is 0 Å². The first-order valence-electron chi connectivity index (χ1n) is 15.3. The number of hydrogen-bond acceptors (Lipinski definition) is 8. The number of aliphatic hydroxyl groups is 2. The van der Waals surface area contributed by atoms with Crippen molar-refractivity contribution in [3.8, 4) is 0 Å². The molecule has 2 aliphatic rings. The summed E-state index contributed by atoms with van der Waals surface area (Å²) in [5.41, 5.74) is 10.4. The van der Waals surface area contributed by atoms with Crippen LogP contribution in [0.2, 0.25) is 0 Å². The molecule has 2 heterocycles. The lowest BCUT2D eigenvalue weighted by atomic mass is 9.99. The number of benzene rings is 3. The molecule has 0 radical (unpaired) electrons. The number of amides is 2. The Balaban J connectivity index is 1.12. The van der Waals surface area contributed by atoms with Crippen molar-refractivity contribution in [1.29, 1.82) is 0 Å². The monoisotopic (exact) mass is 602 g/mol. The minimum atomic E-state index is -0.592. The second-order valence-electron chi connectivity index (χ2n) is 11.6. The van der Waals surface area contributed by atoms with Gasteiger partial charge in [0, 0.05) is 50.1 Å². The van der Waals surface area contributed by atoms with Crippen molar-refractivity contribution in [2.45, 2.75) is 69.7 Å². The van der Waals surface area contributed by atoms with E-state index in [0.29, 0.717) is 62.3 Å². The number of carbonyl (C=O) groups is 2. The molecule has 2 saturated heterocycles. The SMILES string of the molecule is Nc1ccccc1NC(=O)CCCCC(=O)Nc1ccc(C2OC(CN3CCC(O)C3)CC(c3ccc(CO)cc3)O2)cc1. The van der Waals surface area contributed by atoms with E-state index in [9.17, 15) is 19.8 Å². The molecular weight excluding hydrogens is 560 g/mol. The van der Waals surface area contributed by atoms with Crippen molar-refractivity contribution in [2.75, 3.05) is 36.0 Å². The maximum atomic E-state index is 12.5. The molecule has 0 aliphatic carbocycles. The Hall–Kier alpha value is -3.80. The molecule has 3 aromatic rings. The molecule has 4 atom stereocenters. The van der Waals surface area contributed by atoms with Crippen LogP contribution in [0.5, 0.6) is 0 Å². The number of β-amino-alcohol motifs (C(OH)–C–C–N with tert-alkyl or cyclic N) is 1. The van der Waals surface area contributed by atoms with Crippen LogP contribution in [0.1, 0.15) is 67.6 Å². The molecule has 0 bridgehead atoms. The van der Waals surface area contributed by atoms with Gasteiger partial charge in [-0.15, -0.1) is 0 Å². The topological polar surface area (TPSA) is 146 Å². The summed E-state index contributed by atoms with van der Waals surface area (Å²) in [6.45, 7) is 2.18. The molecule has 44 heavy (non-hydrogen) atoms. The third-order valence-electron chi connectivity index (χ3n) is 8.08. The molecular formula is C34H42N4O6. The Morgan fingerprint density at radius 3 is 2.23 bits per heavy atom. The highest BCUT2D eigenvalue weighted by Gasteiger charge is 2.34. The highest BCUT2D eigenvalue weighted by Crippen LogP contribution is 2.38. The summed E-state index contributed by atoms with van der Waals surface area (Å²) in [7, 11) is 0. The van der Waals surface area contributed by atoms with Gasteiger partial charge in [-0.1, -0.05) is 48.5 Å². The quantitative estimate of drug-likeness (QED) is 0.150. The van der Waals surface area contributed by atoms with Crippen molar-refractivity contribution < 1.29 is 29.3 Å². The van der Waals surface area contributed by atoms with Gasteiger partial charge in [0.15, 0.2) is 6.29 Å². The molecule has 2 aliphatic heterocycles. The van der Waals surface area contributed by atoms with Gasteiger partial charge in [-0.2, -0.15) is 0 Å². The average molecular weight is 603 g/mol. The number of nitrogen functional groups attached to an aromatic ring is 1. The van der Waals surface area contributed by atoms with Gasteiger partial charge in [0.05, 0.1) is 36.3 Å². The number of hydrogen-bond donors (Lipinski definition) is 5. The van der Waals surface area contributed by atoms with E-state index in [1.807, 2.05) is 60.7 Å². The first-order chi connectivity index (χ1) is 21.4. The number of carbonyl (C=O) groups excluding carboxylic acids is 2. The number of ether oxygens (including phenoxy) is 2. The number of unbranched alkanes of at least 4 members (excludes halogenated alkanes) is 1. The van der Waals surface area contributed by atoms with Crippen LogP contribution in [0.25, 0.3) is 0 Å². The number of nitrogens with two attached hydrogens (primary N) is 1. The van der Waals surface area contributed by atoms with Gasteiger partial charge in [0.1, 0.15) is 0 Å². The van der Waals surface area contributed by atoms with E-state index in [0.717, 1.165) is 29.7 Å². The fourth-order valence-electron chi connectivity index (χ4n) is 5.64. The zero-order valence-corrected chi connectivity index (χ0v) is 24.9. The van der Waals surface area contributed by atoms with Crippen LogP contribution in [0, 0.1) is 0 Å². The van der Waals surface area contributed by atoms with E-state index < -0.39 is 6.29 Å². The predicted octanol–water partition coefficient (Wildman–Crippen LogP) is 4.51. The molecule has 2 amide bonds. The molecule has 10 heteroatoms. The summed E-state index contributed by atoms with van der Waals surface area (Å²) < 4.78 is 12.8. The predicted molar refractivity (Wildman–Crippen MR) is 169 cm³/mol. The van der Waals surface area contributed by atoms with Crippen molar-refractivity contribution in [3.63, 3.8) is 0 Å². The highest BCUT2D eigenvalue weighted by molar-refractivity contribution is 5.94. The van der Waals surface area contributed by atoms with Gasteiger partial charge in [0.2, 0.25) is 11.8 Å². The van der Waals surface area contributed by atoms with Gasteiger partial charge in [-0.05, 0) is 54.7 Å².